The molecule has 2 amide bonds. The van der Waals surface area contributed by atoms with Crippen LogP contribution in [0.25, 0.3) is 0 Å². The van der Waals surface area contributed by atoms with Crippen molar-refractivity contribution < 1.29 is 24.0 Å². The van der Waals surface area contributed by atoms with Crippen molar-refractivity contribution in [3.05, 3.63) is 17.0 Å². The number of carboxylic acid groups (broad SMARTS) is 1. The van der Waals surface area contributed by atoms with Crippen LogP contribution in [0.4, 0.5) is 0 Å². The highest BCUT2D eigenvalue weighted by atomic mass is 16.5. The van der Waals surface area contributed by atoms with Crippen LogP contribution in [0.3, 0.4) is 0 Å². The monoisotopic (exact) mass is 349 g/mol. The second-order valence-corrected chi connectivity index (χ2v) is 7.03. The lowest BCUT2D eigenvalue weighted by Gasteiger charge is -2.25. The van der Waals surface area contributed by atoms with E-state index in [9.17, 15) is 19.5 Å². The van der Waals surface area contributed by atoms with E-state index in [1.807, 2.05) is 6.92 Å². The summed E-state index contributed by atoms with van der Waals surface area (Å²) in [5, 5.41) is 13.6. The van der Waals surface area contributed by atoms with E-state index >= 15 is 0 Å². The summed E-state index contributed by atoms with van der Waals surface area (Å²) in [6.45, 7) is 6.42. The molecule has 1 aromatic rings. The number of aliphatic carboxylic acids is 1. The maximum Gasteiger partial charge on any atom is 0.314 e. The van der Waals surface area contributed by atoms with Crippen LogP contribution in [0.5, 0.6) is 0 Å². The summed E-state index contributed by atoms with van der Waals surface area (Å²) >= 11 is 0. The van der Waals surface area contributed by atoms with Gasteiger partial charge in [0.1, 0.15) is 11.2 Å². The Kier molecular flexibility index (Phi) is 4.30. The van der Waals surface area contributed by atoms with Gasteiger partial charge >= 0.3 is 5.97 Å². The molecule has 1 aromatic heterocycles. The molecule has 8 heteroatoms. The first-order chi connectivity index (χ1) is 11.8. The second-order valence-electron chi connectivity index (χ2n) is 7.03. The smallest absolute Gasteiger partial charge is 0.314 e. The van der Waals surface area contributed by atoms with E-state index in [1.165, 1.54) is 4.90 Å². The van der Waals surface area contributed by atoms with Gasteiger partial charge in [0, 0.05) is 31.7 Å². The Balaban J connectivity index is 1.78. The lowest BCUT2D eigenvalue weighted by Crippen LogP contribution is -2.42. The minimum absolute atomic E-state index is 0.0706. The molecular formula is C17H23N3O5. The summed E-state index contributed by atoms with van der Waals surface area (Å²) < 4.78 is 5.07. The van der Waals surface area contributed by atoms with E-state index in [1.54, 1.807) is 18.7 Å². The molecule has 0 aromatic carbocycles. The number of hydrogen-bond donors (Lipinski definition) is 1. The number of aromatic nitrogens is 1. The maximum absolute atomic E-state index is 12.7. The van der Waals surface area contributed by atoms with Crippen LogP contribution in [0, 0.1) is 25.2 Å². The first kappa shape index (κ1) is 17.4. The Bertz CT molecular complexity index is 708. The first-order valence-corrected chi connectivity index (χ1v) is 8.52. The molecule has 0 bridgehead atoms. The van der Waals surface area contributed by atoms with Crippen LogP contribution >= 0.6 is 0 Å². The highest BCUT2D eigenvalue weighted by Crippen LogP contribution is 2.43. The van der Waals surface area contributed by atoms with Crippen molar-refractivity contribution in [2.45, 2.75) is 33.6 Å². The normalized spacial score (nSPS) is 25.6. The van der Waals surface area contributed by atoms with Crippen LogP contribution in [0.2, 0.25) is 0 Å². The van der Waals surface area contributed by atoms with E-state index in [0.717, 1.165) is 12.0 Å². The third-order valence-corrected chi connectivity index (χ3v) is 5.41. The number of likely N-dealkylation sites (tertiary alicyclic amines) is 2. The van der Waals surface area contributed by atoms with Gasteiger partial charge in [0.2, 0.25) is 11.8 Å². The number of amides is 2. The van der Waals surface area contributed by atoms with Crippen molar-refractivity contribution in [2.24, 2.45) is 11.3 Å². The average Bonchev–Trinajstić information content (AvgIpc) is 3.17. The molecule has 2 aliphatic rings. The summed E-state index contributed by atoms with van der Waals surface area (Å²) in [4.78, 5) is 40.3. The lowest BCUT2D eigenvalue weighted by atomic mass is 9.81. The van der Waals surface area contributed by atoms with E-state index in [2.05, 4.69) is 5.16 Å². The van der Waals surface area contributed by atoms with Crippen molar-refractivity contribution in [2.75, 3.05) is 26.2 Å². The Morgan fingerprint density at radius 2 is 2.08 bits per heavy atom. The molecule has 0 radical (unpaired) electrons. The molecule has 2 fully saturated rings. The summed E-state index contributed by atoms with van der Waals surface area (Å²) in [6, 6.07) is 0. The van der Waals surface area contributed by atoms with Gasteiger partial charge in [-0.05, 0) is 20.3 Å². The topological polar surface area (TPSA) is 104 Å². The summed E-state index contributed by atoms with van der Waals surface area (Å²) in [6.07, 6.45) is 0.888. The van der Waals surface area contributed by atoms with Crippen LogP contribution in [0.15, 0.2) is 4.52 Å². The van der Waals surface area contributed by atoms with Crippen molar-refractivity contribution in [1.82, 2.24) is 15.0 Å². The van der Waals surface area contributed by atoms with Crippen molar-refractivity contribution in [3.63, 3.8) is 0 Å². The van der Waals surface area contributed by atoms with E-state index in [0.29, 0.717) is 18.0 Å². The molecule has 0 unspecified atom stereocenters. The fraction of sp³-hybridized carbons (Fsp3) is 0.647. The fourth-order valence-corrected chi connectivity index (χ4v) is 3.97. The largest absolute Gasteiger partial charge is 0.481 e. The molecular weight excluding hydrogens is 326 g/mol. The van der Waals surface area contributed by atoms with Crippen LogP contribution < -0.4 is 0 Å². The molecule has 2 aliphatic heterocycles. The number of carboxylic acids is 1. The van der Waals surface area contributed by atoms with Gasteiger partial charge in [0.15, 0.2) is 0 Å². The van der Waals surface area contributed by atoms with Crippen molar-refractivity contribution >= 4 is 17.8 Å². The van der Waals surface area contributed by atoms with E-state index in [-0.39, 0.29) is 37.9 Å². The Labute approximate surface area is 145 Å². The highest BCUT2D eigenvalue weighted by Gasteiger charge is 2.62. The molecule has 2 saturated heterocycles. The minimum Gasteiger partial charge on any atom is -0.481 e. The number of carbonyl (C=O) groups is 3. The molecule has 136 valence electrons. The van der Waals surface area contributed by atoms with Crippen LogP contribution in [-0.4, -0.2) is 64.0 Å². The zero-order chi connectivity index (χ0) is 18.4. The number of hydrogen-bond acceptors (Lipinski definition) is 5. The lowest BCUT2D eigenvalue weighted by molar-refractivity contribution is -0.150. The third-order valence-electron chi connectivity index (χ3n) is 5.41. The minimum atomic E-state index is -1.19. The number of nitrogens with zero attached hydrogens (tertiary/aromatic N) is 3. The van der Waals surface area contributed by atoms with Gasteiger partial charge in [-0.1, -0.05) is 12.1 Å². The van der Waals surface area contributed by atoms with Crippen molar-refractivity contribution in [3.8, 4) is 0 Å². The molecule has 25 heavy (non-hydrogen) atoms. The van der Waals surface area contributed by atoms with Gasteiger partial charge in [-0.3, -0.25) is 14.4 Å². The van der Waals surface area contributed by atoms with Gasteiger partial charge in [-0.25, -0.2) is 0 Å². The maximum atomic E-state index is 12.7. The quantitative estimate of drug-likeness (QED) is 0.835. The molecule has 3 heterocycles. The first-order valence-electron chi connectivity index (χ1n) is 8.52. The van der Waals surface area contributed by atoms with Gasteiger partial charge < -0.3 is 19.4 Å². The van der Waals surface area contributed by atoms with Gasteiger partial charge in [0.05, 0.1) is 18.0 Å². The predicted molar refractivity (Wildman–Crippen MR) is 86.7 cm³/mol. The van der Waals surface area contributed by atoms with Gasteiger partial charge in [-0.2, -0.15) is 0 Å². The van der Waals surface area contributed by atoms with E-state index in [4.69, 9.17) is 4.52 Å². The number of rotatable bonds is 5. The van der Waals surface area contributed by atoms with E-state index < -0.39 is 17.3 Å². The summed E-state index contributed by atoms with van der Waals surface area (Å²) in [5.41, 5.74) is 0.189. The standard InChI is InChI=1S/C17H23N3O5/c1-4-5-19-8-17(16(23)24)9-20(7-13(17)15(19)22)14(21)6-12-10(2)18-25-11(12)3/h13H,4-9H2,1-3H3,(H,23,24)/t13-,17+/m1/s1. The molecule has 0 aliphatic carbocycles. The number of carbonyl (C=O) groups excluding carboxylic acids is 2. The summed E-state index contributed by atoms with van der Waals surface area (Å²) in [5.74, 6) is -1.43. The number of aryl methyl sites for hydroxylation is 2. The fourth-order valence-electron chi connectivity index (χ4n) is 3.97. The van der Waals surface area contributed by atoms with Gasteiger partial charge in [-0.15, -0.1) is 0 Å². The highest BCUT2D eigenvalue weighted by molar-refractivity contribution is 5.94. The summed E-state index contributed by atoms with van der Waals surface area (Å²) in [7, 11) is 0. The Morgan fingerprint density at radius 1 is 1.36 bits per heavy atom. The molecule has 1 N–H and O–H groups in total. The molecule has 0 spiro atoms. The van der Waals surface area contributed by atoms with Gasteiger partial charge in [0.25, 0.3) is 0 Å². The molecule has 8 nitrogen and oxygen atoms in total. The zero-order valence-electron chi connectivity index (χ0n) is 14.7. The molecule has 2 atom stereocenters. The third kappa shape index (κ3) is 2.69. The Morgan fingerprint density at radius 3 is 2.60 bits per heavy atom. The van der Waals surface area contributed by atoms with Crippen molar-refractivity contribution in [1.29, 1.82) is 0 Å². The Hall–Kier alpha value is -2.38. The van der Waals surface area contributed by atoms with Crippen LogP contribution in [-0.2, 0) is 20.8 Å². The SMILES string of the molecule is CCCN1C[C@]2(C(=O)O)CN(C(=O)Cc3c(C)noc3C)C[C@@H]2C1=O. The second kappa shape index (κ2) is 6.16. The molecule has 3 rings (SSSR count). The van der Waals surface area contributed by atoms with Crippen LogP contribution in [0.1, 0.15) is 30.4 Å². The zero-order valence-corrected chi connectivity index (χ0v) is 14.7. The average molecular weight is 349 g/mol. The number of fused-ring (bicyclic) bond motifs is 1. The molecule has 0 saturated carbocycles. The predicted octanol–water partition coefficient (Wildman–Crippen LogP) is 0.616.